The van der Waals surface area contributed by atoms with E-state index in [1.165, 1.54) is 51.9 Å². The van der Waals surface area contributed by atoms with Crippen LogP contribution in [0, 0.1) is 46.3 Å². The number of carbonyl (C=O) groups is 1. The second kappa shape index (κ2) is 7.15. The Bertz CT molecular complexity index is 649. The van der Waals surface area contributed by atoms with Gasteiger partial charge in [-0.25, -0.2) is 0 Å². The van der Waals surface area contributed by atoms with Crippen LogP contribution in [-0.2, 0) is 4.79 Å². The molecule has 2 nitrogen and oxygen atoms in total. The largest absolute Gasteiger partial charge is 0.393 e. The Hall–Kier alpha value is -0.370. The van der Waals surface area contributed by atoms with E-state index in [9.17, 15) is 9.90 Å². The van der Waals surface area contributed by atoms with Crippen LogP contribution < -0.4 is 0 Å². The van der Waals surface area contributed by atoms with Crippen molar-refractivity contribution in [2.45, 2.75) is 104 Å². The first kappa shape index (κ1) is 17.5. The summed E-state index contributed by atoms with van der Waals surface area (Å²) >= 11 is 0. The molecule has 0 aromatic carbocycles. The van der Waals surface area contributed by atoms with Gasteiger partial charge in [-0.05, 0) is 117 Å². The summed E-state index contributed by atoms with van der Waals surface area (Å²) in [6.45, 7) is 8.65. The Morgan fingerprint density at radius 1 is 1.07 bits per heavy atom. The maximum Gasteiger partial charge on any atom is 0.129 e. The normalized spacial score (nSPS) is 52.0. The van der Waals surface area contributed by atoms with Crippen LogP contribution >= 0.6 is 0 Å². The second-order valence-electron chi connectivity index (χ2n) is 11.2. The first-order valence-corrected chi connectivity index (χ1v) is 11.7. The summed E-state index contributed by atoms with van der Waals surface area (Å²) in [5, 5.41) is 10.2. The van der Waals surface area contributed by atoms with Crippen molar-refractivity contribution in [2.24, 2.45) is 46.3 Å². The molecule has 4 saturated carbocycles. The van der Waals surface area contributed by atoms with Crippen LogP contribution in [0.25, 0.3) is 0 Å². The van der Waals surface area contributed by atoms with E-state index in [4.69, 9.17) is 2.74 Å². The zero-order valence-electron chi connectivity index (χ0n) is 20.0. The molecule has 0 unspecified atom stereocenters. The lowest BCUT2D eigenvalue weighted by atomic mass is 9.44. The van der Waals surface area contributed by atoms with Crippen LogP contribution in [-0.4, -0.2) is 17.0 Å². The van der Waals surface area contributed by atoms with Crippen LogP contribution in [0.3, 0.4) is 0 Å². The quantitative estimate of drug-likeness (QED) is 0.652. The number of rotatable bonds is 4. The van der Waals surface area contributed by atoms with Gasteiger partial charge in [0.25, 0.3) is 0 Å². The highest BCUT2D eigenvalue weighted by Crippen LogP contribution is 2.68. The van der Waals surface area contributed by atoms with Gasteiger partial charge in [0.1, 0.15) is 5.78 Å². The van der Waals surface area contributed by atoms with Gasteiger partial charge in [-0.1, -0.05) is 20.8 Å². The van der Waals surface area contributed by atoms with Gasteiger partial charge in [0.15, 0.2) is 0 Å². The van der Waals surface area contributed by atoms with Crippen molar-refractivity contribution in [1.29, 1.82) is 0 Å². The first-order valence-electron chi connectivity index (χ1n) is 12.7. The Balaban J connectivity index is 1.52. The molecule has 0 radical (unpaired) electrons. The average molecular weight is 377 g/mol. The van der Waals surface area contributed by atoms with Crippen molar-refractivity contribution in [1.82, 2.24) is 0 Å². The molecular weight excluding hydrogens is 332 g/mol. The number of Topliss-reactive ketones (excluding diaryl/α,β-unsaturated/α-hetero) is 1. The van der Waals surface area contributed by atoms with E-state index in [1.807, 2.05) is 0 Å². The number of ketones is 1. The summed E-state index contributed by atoms with van der Waals surface area (Å²) in [6, 6.07) is 0. The van der Waals surface area contributed by atoms with Gasteiger partial charge in [0.2, 0.25) is 0 Å². The van der Waals surface area contributed by atoms with Crippen LogP contribution in [0.2, 0.25) is 0 Å². The highest BCUT2D eigenvalue weighted by atomic mass is 16.3. The third-order valence-corrected chi connectivity index (χ3v) is 10.1. The molecule has 4 aliphatic rings. The predicted octanol–water partition coefficient (Wildman–Crippen LogP) is 6.01. The Morgan fingerprint density at radius 2 is 1.78 bits per heavy atom. The lowest BCUT2D eigenvalue weighted by molar-refractivity contribution is -0.129. The SMILES string of the molecule is [2H]C([2H])(C[C@@H](C)[C@H]1CC[C@H]2[C@@H]3CC[C@H]4C[C@@H](O)CC[C@]4(C)[C@H]3CC[C@]12C)C(C)=O. The minimum atomic E-state index is -1.68. The molecular formula is C25H42O2. The average Bonchev–Trinajstić information content (AvgIpc) is 2.99. The topological polar surface area (TPSA) is 37.3 Å². The minimum absolute atomic E-state index is 0.0773. The minimum Gasteiger partial charge on any atom is -0.393 e. The summed E-state index contributed by atoms with van der Waals surface area (Å²) in [7, 11) is 0. The van der Waals surface area contributed by atoms with Gasteiger partial charge in [-0.3, -0.25) is 0 Å². The van der Waals surface area contributed by atoms with Gasteiger partial charge in [0, 0.05) is 9.11 Å². The maximum atomic E-state index is 11.8. The van der Waals surface area contributed by atoms with E-state index in [1.54, 1.807) is 0 Å². The highest BCUT2D eigenvalue weighted by Gasteiger charge is 2.60. The fourth-order valence-corrected chi connectivity index (χ4v) is 8.66. The highest BCUT2D eigenvalue weighted by molar-refractivity contribution is 5.75. The summed E-state index contributed by atoms with van der Waals surface area (Å²) in [4.78, 5) is 11.8. The number of aliphatic hydroxyl groups is 1. The zero-order chi connectivity index (χ0) is 21.2. The molecule has 0 bridgehead atoms. The van der Waals surface area contributed by atoms with E-state index in [0.717, 1.165) is 30.6 Å². The second-order valence-corrected chi connectivity index (χ2v) is 11.2. The Morgan fingerprint density at radius 3 is 2.52 bits per heavy atom. The molecule has 0 heterocycles. The van der Waals surface area contributed by atoms with Gasteiger partial charge in [-0.15, -0.1) is 0 Å². The third-order valence-electron chi connectivity index (χ3n) is 10.1. The number of hydrogen-bond acceptors (Lipinski definition) is 2. The molecule has 4 fully saturated rings. The summed E-state index contributed by atoms with van der Waals surface area (Å²) < 4.78 is 16.3. The number of aliphatic hydroxyl groups excluding tert-OH is 1. The molecule has 4 rings (SSSR count). The molecule has 0 aromatic rings. The lowest BCUT2D eigenvalue weighted by Crippen LogP contribution is -2.54. The van der Waals surface area contributed by atoms with Crippen LogP contribution in [0.1, 0.15) is 101 Å². The molecule has 2 heteroatoms. The van der Waals surface area contributed by atoms with Crippen LogP contribution in [0.5, 0.6) is 0 Å². The van der Waals surface area contributed by atoms with E-state index < -0.39 is 6.37 Å². The van der Waals surface area contributed by atoms with Crippen molar-refractivity contribution in [3.63, 3.8) is 0 Å². The summed E-state index contributed by atoms with van der Waals surface area (Å²) in [5.41, 5.74) is 0.726. The number of fused-ring (bicyclic) bond motifs is 5. The monoisotopic (exact) mass is 376 g/mol. The lowest BCUT2D eigenvalue weighted by Gasteiger charge is -2.61. The van der Waals surface area contributed by atoms with Crippen molar-refractivity contribution >= 4 is 5.78 Å². The van der Waals surface area contributed by atoms with Gasteiger partial charge in [0.05, 0.1) is 6.10 Å². The van der Waals surface area contributed by atoms with Crippen molar-refractivity contribution < 1.29 is 12.6 Å². The van der Waals surface area contributed by atoms with Crippen LogP contribution in [0.4, 0.5) is 0 Å². The predicted molar refractivity (Wildman–Crippen MR) is 110 cm³/mol. The molecule has 0 aromatic heterocycles. The first-order chi connectivity index (χ1) is 13.5. The van der Waals surface area contributed by atoms with E-state index >= 15 is 0 Å². The van der Waals surface area contributed by atoms with E-state index in [-0.39, 0.29) is 17.8 Å². The Labute approximate surface area is 169 Å². The fraction of sp³-hybridized carbons (Fsp3) is 0.960. The number of carbonyl (C=O) groups excluding carboxylic acids is 1. The number of hydrogen-bond donors (Lipinski definition) is 1. The van der Waals surface area contributed by atoms with Crippen molar-refractivity contribution in [3.05, 3.63) is 0 Å². The molecule has 1 N–H and O–H groups in total. The summed E-state index contributed by atoms with van der Waals surface area (Å²) in [5.74, 6) is 3.58. The Kier molecular flexibility index (Phi) is 4.63. The van der Waals surface area contributed by atoms with Crippen LogP contribution in [0.15, 0.2) is 0 Å². The van der Waals surface area contributed by atoms with Gasteiger partial charge in [-0.2, -0.15) is 0 Å². The van der Waals surface area contributed by atoms with Crippen molar-refractivity contribution in [2.75, 3.05) is 0 Å². The fourth-order valence-electron chi connectivity index (χ4n) is 8.66. The third kappa shape index (κ3) is 3.22. The standard InChI is InChI=1S/C25H42O2/c1-16(5-6-17(2)26)21-9-10-22-20-8-7-18-15-19(27)11-13-24(18,3)23(20)12-14-25(21,22)4/h16,18-23,27H,5-15H2,1-4H3/t16-,18+,19+,20+,21-,22+,23+,24+,25-/m1/s1/i6D2. The van der Waals surface area contributed by atoms with E-state index in [2.05, 4.69) is 20.8 Å². The molecule has 0 aliphatic heterocycles. The molecule has 0 saturated heterocycles. The van der Waals surface area contributed by atoms with Crippen molar-refractivity contribution in [3.8, 4) is 0 Å². The molecule has 0 amide bonds. The summed E-state index contributed by atoms with van der Waals surface area (Å²) in [6.07, 6.45) is 9.50. The maximum absolute atomic E-state index is 11.8. The zero-order valence-corrected chi connectivity index (χ0v) is 18.0. The molecule has 154 valence electrons. The molecule has 0 spiro atoms. The van der Waals surface area contributed by atoms with Gasteiger partial charge >= 0.3 is 0 Å². The molecule has 9 atom stereocenters. The molecule has 27 heavy (non-hydrogen) atoms. The van der Waals surface area contributed by atoms with Gasteiger partial charge < -0.3 is 9.90 Å². The smallest absolute Gasteiger partial charge is 0.129 e. The molecule has 4 aliphatic carbocycles. The van der Waals surface area contributed by atoms with E-state index in [0.29, 0.717) is 29.1 Å².